The lowest BCUT2D eigenvalue weighted by Crippen LogP contribution is -2.48. The van der Waals surface area contributed by atoms with E-state index in [2.05, 4.69) is 66.1 Å². The van der Waals surface area contributed by atoms with E-state index in [1.54, 1.807) is 0 Å². The van der Waals surface area contributed by atoms with Crippen molar-refractivity contribution in [3.63, 3.8) is 0 Å². The zero-order valence-corrected chi connectivity index (χ0v) is 25.2. The van der Waals surface area contributed by atoms with Gasteiger partial charge in [0.2, 0.25) is 0 Å². The molecule has 0 N–H and O–H groups in total. The van der Waals surface area contributed by atoms with Crippen molar-refractivity contribution >= 4 is 5.97 Å². The van der Waals surface area contributed by atoms with Crippen LogP contribution in [-0.2, 0) is 16.0 Å². The van der Waals surface area contributed by atoms with Crippen molar-refractivity contribution in [3.8, 4) is 11.5 Å². The molecule has 2 aliphatic heterocycles. The first-order valence-electron chi connectivity index (χ1n) is 16.1. The Kier molecular flexibility index (Phi) is 12.8. The number of nitrogens with zero attached hydrogens (tertiary/aromatic N) is 2. The van der Waals surface area contributed by atoms with Crippen LogP contribution in [0.3, 0.4) is 0 Å². The number of carbonyl (C=O) groups excluding carboxylic acids is 1. The summed E-state index contributed by atoms with van der Waals surface area (Å²) in [4.78, 5) is 17.3. The van der Waals surface area contributed by atoms with Gasteiger partial charge in [-0.3, -0.25) is 14.6 Å². The lowest BCUT2D eigenvalue weighted by molar-refractivity contribution is -0.144. The van der Waals surface area contributed by atoms with Crippen molar-refractivity contribution in [3.05, 3.63) is 59.2 Å². The van der Waals surface area contributed by atoms with E-state index >= 15 is 0 Å². The lowest BCUT2D eigenvalue weighted by Gasteiger charge is -2.39. The Morgan fingerprint density at radius 3 is 2.25 bits per heavy atom. The predicted octanol–water partition coefficient (Wildman–Crippen LogP) is 8.25. The quantitative estimate of drug-likeness (QED) is 0.156. The number of hydrogen-bond acceptors (Lipinski definition) is 5. The Labute approximate surface area is 243 Å². The molecular weight excluding hydrogens is 496 g/mol. The van der Waals surface area contributed by atoms with Gasteiger partial charge in [-0.05, 0) is 37.5 Å². The fourth-order valence-electron chi connectivity index (χ4n) is 6.15. The normalized spacial score (nSPS) is 17.5. The predicted molar refractivity (Wildman–Crippen MR) is 164 cm³/mol. The largest absolute Gasteiger partial charge is 0.464 e. The molecule has 2 aliphatic rings. The SMILES string of the molecule is CCCCCCCCCCCCCC(=O)OCCN1CCN(C2Cc3ccccc3Oc3ccc(C)cc32)CC1. The number of para-hydroxylation sites is 1. The van der Waals surface area contributed by atoms with Gasteiger partial charge in [-0.2, -0.15) is 0 Å². The summed E-state index contributed by atoms with van der Waals surface area (Å²) in [7, 11) is 0. The summed E-state index contributed by atoms with van der Waals surface area (Å²) in [5.74, 6) is 1.93. The molecule has 220 valence electrons. The molecule has 2 aromatic carbocycles. The lowest BCUT2D eigenvalue weighted by atomic mass is 9.95. The number of carbonyl (C=O) groups is 1. The van der Waals surface area contributed by atoms with Crippen LogP contribution in [0.4, 0.5) is 0 Å². The molecule has 1 saturated heterocycles. The minimum Gasteiger partial charge on any atom is -0.464 e. The molecule has 0 spiro atoms. The third-order valence-corrected chi connectivity index (χ3v) is 8.63. The van der Waals surface area contributed by atoms with Gasteiger partial charge in [0.1, 0.15) is 18.1 Å². The highest BCUT2D eigenvalue weighted by Gasteiger charge is 2.30. The Balaban J connectivity index is 1.10. The van der Waals surface area contributed by atoms with Crippen LogP contribution in [0, 0.1) is 6.92 Å². The van der Waals surface area contributed by atoms with Crippen LogP contribution in [0.25, 0.3) is 0 Å². The van der Waals surface area contributed by atoms with E-state index in [1.165, 1.54) is 74.5 Å². The van der Waals surface area contributed by atoms with Gasteiger partial charge < -0.3 is 9.47 Å². The van der Waals surface area contributed by atoms with Crippen molar-refractivity contribution in [1.82, 2.24) is 9.80 Å². The summed E-state index contributed by atoms with van der Waals surface area (Å²) in [6, 6.07) is 15.3. The third kappa shape index (κ3) is 9.62. The molecule has 4 rings (SSSR count). The van der Waals surface area contributed by atoms with E-state index in [9.17, 15) is 4.79 Å². The monoisotopic (exact) mass is 548 g/mol. The Bertz CT molecular complexity index is 1030. The summed E-state index contributed by atoms with van der Waals surface area (Å²) < 4.78 is 11.9. The van der Waals surface area contributed by atoms with Gasteiger partial charge in [0.05, 0.1) is 0 Å². The van der Waals surface area contributed by atoms with Crippen LogP contribution < -0.4 is 4.74 Å². The minimum absolute atomic E-state index is 0.0290. The molecule has 0 bridgehead atoms. The molecule has 1 unspecified atom stereocenters. The summed E-state index contributed by atoms with van der Waals surface area (Å²) in [6.45, 7) is 9.76. The van der Waals surface area contributed by atoms with Gasteiger partial charge in [0.15, 0.2) is 0 Å². The number of hydrogen-bond donors (Lipinski definition) is 0. The van der Waals surface area contributed by atoms with Gasteiger partial charge in [0, 0.05) is 50.7 Å². The third-order valence-electron chi connectivity index (χ3n) is 8.63. The highest BCUT2D eigenvalue weighted by Crippen LogP contribution is 2.41. The molecule has 1 fully saturated rings. The van der Waals surface area contributed by atoms with Crippen LogP contribution in [0.1, 0.15) is 107 Å². The van der Waals surface area contributed by atoms with Crippen LogP contribution in [0.15, 0.2) is 42.5 Å². The molecule has 0 aromatic heterocycles. The van der Waals surface area contributed by atoms with Crippen molar-refractivity contribution in [2.24, 2.45) is 0 Å². The summed E-state index contributed by atoms with van der Waals surface area (Å²) in [5.41, 5.74) is 3.83. The van der Waals surface area contributed by atoms with Gasteiger partial charge in [-0.15, -0.1) is 0 Å². The first kappa shape index (κ1) is 30.6. The Hall–Kier alpha value is -2.37. The summed E-state index contributed by atoms with van der Waals surface area (Å²) in [6.07, 6.45) is 15.8. The average Bonchev–Trinajstić information content (AvgIpc) is 3.13. The number of rotatable bonds is 16. The summed E-state index contributed by atoms with van der Waals surface area (Å²) in [5, 5.41) is 0. The van der Waals surface area contributed by atoms with Crippen molar-refractivity contribution in [2.45, 2.75) is 103 Å². The maximum atomic E-state index is 12.2. The van der Waals surface area contributed by atoms with E-state index < -0.39 is 0 Å². The molecule has 5 heteroatoms. The summed E-state index contributed by atoms with van der Waals surface area (Å²) >= 11 is 0. The van der Waals surface area contributed by atoms with Gasteiger partial charge >= 0.3 is 5.97 Å². The van der Waals surface area contributed by atoms with Gasteiger partial charge in [-0.1, -0.05) is 107 Å². The second-order valence-corrected chi connectivity index (χ2v) is 11.9. The fourth-order valence-corrected chi connectivity index (χ4v) is 6.15. The van der Waals surface area contributed by atoms with Gasteiger partial charge in [-0.25, -0.2) is 0 Å². The smallest absolute Gasteiger partial charge is 0.305 e. The second kappa shape index (κ2) is 16.8. The molecule has 0 aliphatic carbocycles. The van der Waals surface area contributed by atoms with Crippen LogP contribution in [0.2, 0.25) is 0 Å². The average molecular weight is 549 g/mol. The number of benzene rings is 2. The van der Waals surface area contributed by atoms with Crippen LogP contribution in [0.5, 0.6) is 11.5 Å². The number of esters is 1. The highest BCUT2D eigenvalue weighted by atomic mass is 16.5. The number of unbranched alkanes of at least 4 members (excludes halogenated alkanes) is 10. The van der Waals surface area contributed by atoms with Crippen molar-refractivity contribution in [2.75, 3.05) is 39.3 Å². The van der Waals surface area contributed by atoms with E-state index in [0.717, 1.165) is 63.5 Å². The van der Waals surface area contributed by atoms with Crippen LogP contribution >= 0.6 is 0 Å². The molecule has 5 nitrogen and oxygen atoms in total. The first-order chi connectivity index (χ1) is 19.6. The zero-order chi connectivity index (χ0) is 28.0. The number of fused-ring (bicyclic) bond motifs is 2. The molecule has 40 heavy (non-hydrogen) atoms. The molecule has 0 radical (unpaired) electrons. The number of ether oxygens (including phenoxy) is 2. The van der Waals surface area contributed by atoms with Crippen LogP contribution in [-0.4, -0.2) is 55.1 Å². The zero-order valence-electron chi connectivity index (χ0n) is 25.2. The maximum absolute atomic E-state index is 12.2. The topological polar surface area (TPSA) is 42.0 Å². The highest BCUT2D eigenvalue weighted by molar-refractivity contribution is 5.69. The van der Waals surface area contributed by atoms with E-state index in [4.69, 9.17) is 9.47 Å². The molecule has 2 heterocycles. The standard InChI is InChI=1S/C35H52N2O3/c1-3-4-5-6-7-8-9-10-11-12-13-18-35(38)39-26-25-36-21-23-37(24-22-36)32-28-30-16-14-15-17-33(30)40-34-20-19-29(2)27-31(32)34/h14-17,19-20,27,32H,3-13,18,21-26,28H2,1-2H3. The molecular formula is C35H52N2O3. The van der Waals surface area contributed by atoms with Crippen molar-refractivity contribution < 1.29 is 14.3 Å². The van der Waals surface area contributed by atoms with Crippen molar-refractivity contribution in [1.29, 1.82) is 0 Å². The molecule has 2 aromatic rings. The number of aryl methyl sites for hydroxylation is 1. The van der Waals surface area contributed by atoms with E-state index in [0.29, 0.717) is 19.1 Å². The maximum Gasteiger partial charge on any atom is 0.305 e. The fraction of sp³-hybridized carbons (Fsp3) is 0.629. The molecule has 1 atom stereocenters. The first-order valence-corrected chi connectivity index (χ1v) is 16.1. The van der Waals surface area contributed by atoms with E-state index in [1.807, 2.05) is 0 Å². The van der Waals surface area contributed by atoms with Gasteiger partial charge in [0.25, 0.3) is 0 Å². The molecule has 0 saturated carbocycles. The Morgan fingerprint density at radius 1 is 0.850 bits per heavy atom. The minimum atomic E-state index is -0.0290. The molecule has 0 amide bonds. The second-order valence-electron chi connectivity index (χ2n) is 11.9. The van der Waals surface area contributed by atoms with E-state index in [-0.39, 0.29) is 5.97 Å². The number of piperazine rings is 1. The Morgan fingerprint density at radius 2 is 1.52 bits per heavy atom.